The van der Waals surface area contributed by atoms with E-state index < -0.39 is 6.03 Å². The fourth-order valence-electron chi connectivity index (χ4n) is 3.03. The Bertz CT molecular complexity index is 836. The molecule has 0 bridgehead atoms. The van der Waals surface area contributed by atoms with Crippen molar-refractivity contribution in [3.05, 3.63) is 48.0 Å². The number of benzene rings is 2. The number of ether oxygens (including phenoxy) is 2. The minimum Gasteiger partial charge on any atom is -0.497 e. The molecular formula is C20H23N3O4. The summed E-state index contributed by atoms with van der Waals surface area (Å²) < 4.78 is 10.4. The van der Waals surface area contributed by atoms with Gasteiger partial charge in [0, 0.05) is 24.7 Å². The van der Waals surface area contributed by atoms with Gasteiger partial charge in [0.05, 0.1) is 25.9 Å². The van der Waals surface area contributed by atoms with Crippen LogP contribution in [-0.4, -0.2) is 38.7 Å². The van der Waals surface area contributed by atoms with Crippen molar-refractivity contribution >= 4 is 23.3 Å². The van der Waals surface area contributed by atoms with Gasteiger partial charge in [-0.3, -0.25) is 4.79 Å². The molecule has 2 aromatic rings. The van der Waals surface area contributed by atoms with E-state index in [1.54, 1.807) is 30.2 Å². The summed E-state index contributed by atoms with van der Waals surface area (Å²) in [5.74, 6) is 1.12. The van der Waals surface area contributed by atoms with Crippen LogP contribution in [0.2, 0.25) is 0 Å². The number of anilines is 2. The number of aryl methyl sites for hydroxylation is 1. The number of carbonyl (C=O) groups is 2. The smallest absolute Gasteiger partial charge is 0.319 e. The molecule has 1 aliphatic rings. The normalized spacial score (nSPS) is 16.2. The number of carbonyl (C=O) groups excluding carboxylic acids is 2. The van der Waals surface area contributed by atoms with Gasteiger partial charge in [-0.15, -0.1) is 0 Å². The van der Waals surface area contributed by atoms with E-state index in [-0.39, 0.29) is 18.4 Å². The quantitative estimate of drug-likeness (QED) is 0.849. The number of rotatable bonds is 5. The molecule has 0 aromatic heterocycles. The minimum atomic E-state index is -0.398. The molecule has 2 aromatic carbocycles. The maximum Gasteiger partial charge on any atom is 0.319 e. The van der Waals surface area contributed by atoms with E-state index in [2.05, 4.69) is 10.6 Å². The molecule has 3 amide bonds. The topological polar surface area (TPSA) is 79.9 Å². The third kappa shape index (κ3) is 4.31. The minimum absolute atomic E-state index is 0.0110. The summed E-state index contributed by atoms with van der Waals surface area (Å²) in [5.41, 5.74) is 2.46. The van der Waals surface area contributed by atoms with Crippen LogP contribution in [0.5, 0.6) is 11.5 Å². The molecule has 2 N–H and O–H groups in total. The molecule has 7 heteroatoms. The first-order chi connectivity index (χ1) is 13.0. The van der Waals surface area contributed by atoms with Crippen molar-refractivity contribution in [1.29, 1.82) is 0 Å². The van der Waals surface area contributed by atoms with E-state index in [4.69, 9.17) is 9.47 Å². The maximum absolute atomic E-state index is 12.4. The number of nitrogens with one attached hydrogen (secondary N) is 2. The first-order valence-corrected chi connectivity index (χ1v) is 8.66. The fraction of sp³-hybridized carbons (Fsp3) is 0.300. The SMILES string of the molecule is COc1ccc(OC)c(NC(=O)N[C@H]2CC(=O)N(c3ccc(C)cc3)C2)c1. The van der Waals surface area contributed by atoms with Gasteiger partial charge in [-0.2, -0.15) is 0 Å². The zero-order chi connectivity index (χ0) is 19.4. The highest BCUT2D eigenvalue weighted by Crippen LogP contribution is 2.29. The number of amides is 3. The van der Waals surface area contributed by atoms with Crippen LogP contribution in [0.25, 0.3) is 0 Å². The third-order valence-corrected chi connectivity index (χ3v) is 4.46. The van der Waals surface area contributed by atoms with Crippen LogP contribution in [0.3, 0.4) is 0 Å². The van der Waals surface area contributed by atoms with Crippen LogP contribution in [0.4, 0.5) is 16.2 Å². The first-order valence-electron chi connectivity index (χ1n) is 8.66. The Hall–Kier alpha value is -3.22. The molecule has 0 unspecified atom stereocenters. The molecule has 7 nitrogen and oxygen atoms in total. The Morgan fingerprint density at radius 3 is 2.52 bits per heavy atom. The Kier molecular flexibility index (Phi) is 5.49. The first kappa shape index (κ1) is 18.6. The van der Waals surface area contributed by atoms with Crippen molar-refractivity contribution in [2.75, 3.05) is 31.0 Å². The predicted molar refractivity (Wildman–Crippen MR) is 104 cm³/mol. The highest BCUT2D eigenvalue weighted by Gasteiger charge is 2.31. The van der Waals surface area contributed by atoms with Crippen LogP contribution in [0, 0.1) is 6.92 Å². The van der Waals surface area contributed by atoms with Gasteiger partial charge < -0.3 is 25.0 Å². The molecule has 3 rings (SSSR count). The predicted octanol–water partition coefficient (Wildman–Crippen LogP) is 2.94. The largest absolute Gasteiger partial charge is 0.497 e. The number of hydrogen-bond donors (Lipinski definition) is 2. The molecule has 27 heavy (non-hydrogen) atoms. The molecule has 0 radical (unpaired) electrons. The van der Waals surface area contributed by atoms with E-state index in [1.165, 1.54) is 7.11 Å². The van der Waals surface area contributed by atoms with E-state index in [9.17, 15) is 9.59 Å². The van der Waals surface area contributed by atoms with Gasteiger partial charge in [-0.1, -0.05) is 17.7 Å². The van der Waals surface area contributed by atoms with Crippen molar-refractivity contribution in [1.82, 2.24) is 5.32 Å². The molecular weight excluding hydrogens is 346 g/mol. The van der Waals surface area contributed by atoms with Crippen LogP contribution >= 0.6 is 0 Å². The molecule has 0 aliphatic carbocycles. The zero-order valence-electron chi connectivity index (χ0n) is 15.6. The summed E-state index contributed by atoms with van der Waals surface area (Å²) in [6.45, 7) is 2.43. The number of nitrogens with zero attached hydrogens (tertiary/aromatic N) is 1. The summed E-state index contributed by atoms with van der Waals surface area (Å²) in [5, 5.41) is 5.60. The molecule has 1 saturated heterocycles. The highest BCUT2D eigenvalue weighted by molar-refractivity contribution is 5.98. The average molecular weight is 369 g/mol. The zero-order valence-corrected chi connectivity index (χ0v) is 15.6. The molecule has 0 saturated carbocycles. The van der Waals surface area contributed by atoms with E-state index >= 15 is 0 Å². The van der Waals surface area contributed by atoms with Crippen molar-refractivity contribution < 1.29 is 19.1 Å². The van der Waals surface area contributed by atoms with Crippen molar-refractivity contribution in [3.63, 3.8) is 0 Å². The van der Waals surface area contributed by atoms with E-state index in [1.807, 2.05) is 31.2 Å². The Morgan fingerprint density at radius 1 is 1.11 bits per heavy atom. The van der Waals surface area contributed by atoms with Gasteiger partial charge in [-0.05, 0) is 31.2 Å². The Balaban J connectivity index is 1.63. The summed E-state index contributed by atoms with van der Waals surface area (Å²) in [6.07, 6.45) is 0.260. The van der Waals surface area contributed by atoms with Crippen LogP contribution in [0.15, 0.2) is 42.5 Å². The van der Waals surface area contributed by atoms with Gasteiger partial charge in [0.15, 0.2) is 0 Å². The summed E-state index contributed by atoms with van der Waals surface area (Å²) in [7, 11) is 3.08. The van der Waals surface area contributed by atoms with Gasteiger partial charge in [0.2, 0.25) is 5.91 Å². The summed E-state index contributed by atoms with van der Waals surface area (Å²) >= 11 is 0. The monoisotopic (exact) mass is 369 g/mol. The lowest BCUT2D eigenvalue weighted by atomic mass is 10.2. The summed E-state index contributed by atoms with van der Waals surface area (Å²) in [6, 6.07) is 12.2. The van der Waals surface area contributed by atoms with Gasteiger partial charge >= 0.3 is 6.03 Å². The second-order valence-corrected chi connectivity index (χ2v) is 6.41. The van der Waals surface area contributed by atoms with E-state index in [0.29, 0.717) is 23.7 Å². The van der Waals surface area contributed by atoms with Crippen LogP contribution < -0.4 is 25.0 Å². The second kappa shape index (κ2) is 7.99. The fourth-order valence-corrected chi connectivity index (χ4v) is 3.03. The third-order valence-electron chi connectivity index (χ3n) is 4.46. The van der Waals surface area contributed by atoms with Crippen molar-refractivity contribution in [2.45, 2.75) is 19.4 Å². The number of hydrogen-bond acceptors (Lipinski definition) is 4. The standard InChI is InChI=1S/C20H23N3O4/c1-13-4-6-15(7-5-13)23-12-14(10-19(23)24)21-20(25)22-17-11-16(26-2)8-9-18(17)27-3/h4-9,11,14H,10,12H2,1-3H3,(H2,21,22,25)/t14-/m0/s1. The van der Waals surface area contributed by atoms with Crippen LogP contribution in [0.1, 0.15) is 12.0 Å². The summed E-state index contributed by atoms with van der Waals surface area (Å²) in [4.78, 5) is 26.4. The Labute approximate surface area is 158 Å². The van der Waals surface area contributed by atoms with Crippen molar-refractivity contribution in [3.8, 4) is 11.5 Å². The molecule has 1 heterocycles. The number of methoxy groups -OCH3 is 2. The second-order valence-electron chi connectivity index (χ2n) is 6.41. The molecule has 1 fully saturated rings. The maximum atomic E-state index is 12.4. The molecule has 142 valence electrons. The van der Waals surface area contributed by atoms with Crippen LogP contribution in [-0.2, 0) is 4.79 Å². The Morgan fingerprint density at radius 2 is 1.85 bits per heavy atom. The lowest BCUT2D eigenvalue weighted by Crippen LogP contribution is -2.39. The molecule has 1 atom stereocenters. The van der Waals surface area contributed by atoms with Gasteiger partial charge in [0.25, 0.3) is 0 Å². The lowest BCUT2D eigenvalue weighted by Gasteiger charge is -2.18. The average Bonchev–Trinajstić information content (AvgIpc) is 3.02. The van der Waals surface area contributed by atoms with Gasteiger partial charge in [0.1, 0.15) is 11.5 Å². The highest BCUT2D eigenvalue weighted by atomic mass is 16.5. The van der Waals surface area contributed by atoms with E-state index in [0.717, 1.165) is 11.3 Å². The molecule has 0 spiro atoms. The lowest BCUT2D eigenvalue weighted by molar-refractivity contribution is -0.117. The van der Waals surface area contributed by atoms with Gasteiger partial charge in [-0.25, -0.2) is 4.79 Å². The molecule has 1 aliphatic heterocycles. The van der Waals surface area contributed by atoms with Crippen molar-refractivity contribution in [2.24, 2.45) is 0 Å². The number of urea groups is 1.